The van der Waals surface area contributed by atoms with Crippen molar-refractivity contribution in [3.8, 4) is 0 Å². The highest BCUT2D eigenvalue weighted by atomic mass is 32.2. The van der Waals surface area contributed by atoms with Gasteiger partial charge < -0.3 is 10.6 Å². The highest BCUT2D eigenvalue weighted by Crippen LogP contribution is 2.18. The molecule has 0 aliphatic rings. The number of anilines is 2. The molecule has 102 valence electrons. The molecule has 1 rings (SSSR count). The summed E-state index contributed by atoms with van der Waals surface area (Å²) in [6.07, 6.45) is 7.00. The van der Waals surface area contributed by atoms with Gasteiger partial charge in [-0.25, -0.2) is 9.97 Å². The van der Waals surface area contributed by atoms with Crippen LogP contribution < -0.4 is 10.6 Å². The van der Waals surface area contributed by atoms with Gasteiger partial charge in [-0.05, 0) is 19.6 Å². The van der Waals surface area contributed by atoms with E-state index in [-0.39, 0.29) is 0 Å². The Morgan fingerprint density at radius 1 is 1.28 bits per heavy atom. The zero-order valence-corrected chi connectivity index (χ0v) is 12.6. The maximum Gasteiger partial charge on any atom is 0.191 e. The van der Waals surface area contributed by atoms with E-state index >= 15 is 0 Å². The molecule has 1 aromatic rings. The normalized spacial score (nSPS) is 12.2. The number of unbranched alkanes of at least 4 members (excludes halogenated alkanes) is 2. The van der Waals surface area contributed by atoms with Crippen molar-refractivity contribution in [2.75, 3.05) is 23.9 Å². The minimum Gasteiger partial charge on any atom is -0.373 e. The first kappa shape index (κ1) is 15.1. The third-order valence-electron chi connectivity index (χ3n) is 2.78. The Balaban J connectivity index is 2.59. The van der Waals surface area contributed by atoms with E-state index in [0.29, 0.717) is 6.04 Å². The second kappa shape index (κ2) is 8.19. The van der Waals surface area contributed by atoms with Crippen molar-refractivity contribution in [2.24, 2.45) is 0 Å². The molecule has 0 amide bonds. The average Bonchev–Trinajstić information content (AvgIpc) is 2.38. The number of nitrogens with zero attached hydrogens (tertiary/aromatic N) is 2. The summed E-state index contributed by atoms with van der Waals surface area (Å²) in [7, 11) is 1.88. The maximum absolute atomic E-state index is 4.47. The van der Waals surface area contributed by atoms with Crippen molar-refractivity contribution in [1.29, 1.82) is 0 Å². The Bertz CT molecular complexity index is 335. The summed E-state index contributed by atoms with van der Waals surface area (Å²) >= 11 is 1.56. The first-order valence-corrected chi connectivity index (χ1v) is 7.79. The van der Waals surface area contributed by atoms with E-state index in [9.17, 15) is 0 Å². The largest absolute Gasteiger partial charge is 0.373 e. The molecule has 0 saturated carbocycles. The molecule has 5 heteroatoms. The summed E-state index contributed by atoms with van der Waals surface area (Å²) in [5.41, 5.74) is 0. The second-order valence-corrected chi connectivity index (χ2v) is 5.19. The molecule has 1 aromatic heterocycles. The van der Waals surface area contributed by atoms with Gasteiger partial charge in [-0.15, -0.1) is 0 Å². The fraction of sp³-hybridized carbons (Fsp3) is 0.692. The van der Waals surface area contributed by atoms with E-state index in [0.717, 1.165) is 16.8 Å². The topological polar surface area (TPSA) is 49.8 Å². The standard InChI is InChI=1S/C13H24N4S/c1-5-6-7-8-10(2)15-12-9-11(14-3)16-13(17-12)18-4/h9-10H,5-8H2,1-4H3,(H2,14,15,16,17). The molecule has 0 fully saturated rings. The molecule has 0 aliphatic heterocycles. The minimum atomic E-state index is 0.450. The Hall–Kier alpha value is -0.970. The number of thioether (sulfide) groups is 1. The molecule has 0 aromatic carbocycles. The van der Waals surface area contributed by atoms with Crippen LogP contribution in [-0.4, -0.2) is 29.3 Å². The van der Waals surface area contributed by atoms with E-state index in [4.69, 9.17) is 0 Å². The van der Waals surface area contributed by atoms with E-state index in [1.807, 2.05) is 19.4 Å². The van der Waals surface area contributed by atoms with Crippen molar-refractivity contribution < 1.29 is 0 Å². The van der Waals surface area contributed by atoms with Gasteiger partial charge in [-0.2, -0.15) is 0 Å². The van der Waals surface area contributed by atoms with Crippen LogP contribution in [0.2, 0.25) is 0 Å². The van der Waals surface area contributed by atoms with Crippen molar-refractivity contribution in [2.45, 2.75) is 50.7 Å². The van der Waals surface area contributed by atoms with Gasteiger partial charge in [-0.1, -0.05) is 37.9 Å². The molecule has 0 aliphatic carbocycles. The van der Waals surface area contributed by atoms with Gasteiger partial charge >= 0.3 is 0 Å². The zero-order chi connectivity index (χ0) is 13.4. The highest BCUT2D eigenvalue weighted by Gasteiger charge is 2.06. The Morgan fingerprint density at radius 2 is 2.00 bits per heavy atom. The van der Waals surface area contributed by atoms with Crippen LogP contribution in [0.4, 0.5) is 11.6 Å². The third-order valence-corrected chi connectivity index (χ3v) is 3.33. The second-order valence-electron chi connectivity index (χ2n) is 4.42. The molecule has 0 radical (unpaired) electrons. The summed E-state index contributed by atoms with van der Waals surface area (Å²) in [6, 6.07) is 2.40. The molecule has 1 atom stereocenters. The van der Waals surface area contributed by atoms with E-state index in [2.05, 4.69) is 34.4 Å². The summed E-state index contributed by atoms with van der Waals surface area (Å²) in [4.78, 5) is 8.82. The van der Waals surface area contributed by atoms with Gasteiger partial charge in [0.25, 0.3) is 0 Å². The van der Waals surface area contributed by atoms with Crippen LogP contribution in [0.15, 0.2) is 11.2 Å². The van der Waals surface area contributed by atoms with E-state index in [1.165, 1.54) is 25.7 Å². The molecular weight excluding hydrogens is 244 g/mol. The lowest BCUT2D eigenvalue weighted by atomic mass is 10.1. The fourth-order valence-electron chi connectivity index (χ4n) is 1.74. The van der Waals surface area contributed by atoms with E-state index < -0.39 is 0 Å². The van der Waals surface area contributed by atoms with Crippen LogP contribution in [-0.2, 0) is 0 Å². The molecule has 18 heavy (non-hydrogen) atoms. The number of aromatic nitrogens is 2. The van der Waals surface area contributed by atoms with Crippen LogP contribution in [0.5, 0.6) is 0 Å². The summed E-state index contributed by atoms with van der Waals surface area (Å²) in [5, 5.41) is 7.31. The number of rotatable bonds is 8. The first-order valence-electron chi connectivity index (χ1n) is 6.57. The predicted octanol–water partition coefficient (Wildman–Crippen LogP) is 3.62. The molecule has 2 N–H and O–H groups in total. The minimum absolute atomic E-state index is 0.450. The molecule has 1 unspecified atom stereocenters. The van der Waals surface area contributed by atoms with Crippen molar-refractivity contribution in [1.82, 2.24) is 9.97 Å². The monoisotopic (exact) mass is 268 g/mol. The third kappa shape index (κ3) is 5.12. The zero-order valence-electron chi connectivity index (χ0n) is 11.8. The van der Waals surface area contributed by atoms with Crippen molar-refractivity contribution in [3.05, 3.63) is 6.07 Å². The number of hydrogen-bond donors (Lipinski definition) is 2. The van der Waals surface area contributed by atoms with Gasteiger partial charge in [0.2, 0.25) is 0 Å². The number of hydrogen-bond acceptors (Lipinski definition) is 5. The lowest BCUT2D eigenvalue weighted by Crippen LogP contribution is -2.16. The Kier molecular flexibility index (Phi) is 6.86. The molecule has 4 nitrogen and oxygen atoms in total. The Labute approximate surface area is 114 Å². The highest BCUT2D eigenvalue weighted by molar-refractivity contribution is 7.98. The maximum atomic E-state index is 4.47. The van der Waals surface area contributed by atoms with Gasteiger partial charge in [0.1, 0.15) is 11.6 Å². The quantitative estimate of drug-likeness (QED) is 0.428. The molecular formula is C13H24N4S. The molecule has 0 bridgehead atoms. The summed E-state index contributed by atoms with van der Waals surface area (Å²) in [6.45, 7) is 4.43. The summed E-state index contributed by atoms with van der Waals surface area (Å²) < 4.78 is 0. The van der Waals surface area contributed by atoms with Gasteiger partial charge in [0.05, 0.1) is 0 Å². The van der Waals surface area contributed by atoms with Crippen LogP contribution in [0.3, 0.4) is 0 Å². The Morgan fingerprint density at radius 3 is 2.61 bits per heavy atom. The van der Waals surface area contributed by atoms with Gasteiger partial charge in [-0.3, -0.25) is 0 Å². The van der Waals surface area contributed by atoms with Crippen LogP contribution in [0.1, 0.15) is 39.5 Å². The van der Waals surface area contributed by atoms with Crippen LogP contribution in [0.25, 0.3) is 0 Å². The van der Waals surface area contributed by atoms with Crippen molar-refractivity contribution in [3.63, 3.8) is 0 Å². The fourth-order valence-corrected chi connectivity index (χ4v) is 2.12. The SMILES string of the molecule is CCCCCC(C)Nc1cc(NC)nc(SC)n1. The van der Waals surface area contributed by atoms with Crippen molar-refractivity contribution >= 4 is 23.4 Å². The molecule has 0 saturated heterocycles. The summed E-state index contributed by atoms with van der Waals surface area (Å²) in [5.74, 6) is 1.76. The average molecular weight is 268 g/mol. The lowest BCUT2D eigenvalue weighted by Gasteiger charge is -2.15. The lowest BCUT2D eigenvalue weighted by molar-refractivity contribution is 0.613. The molecule has 0 spiro atoms. The smallest absolute Gasteiger partial charge is 0.191 e. The predicted molar refractivity (Wildman–Crippen MR) is 80.6 cm³/mol. The van der Waals surface area contributed by atoms with E-state index in [1.54, 1.807) is 11.8 Å². The van der Waals surface area contributed by atoms with Crippen LogP contribution >= 0.6 is 11.8 Å². The van der Waals surface area contributed by atoms with Crippen LogP contribution in [0, 0.1) is 0 Å². The number of nitrogens with one attached hydrogen (secondary N) is 2. The molecule has 1 heterocycles. The first-order chi connectivity index (χ1) is 8.69. The van der Waals surface area contributed by atoms with Gasteiger partial charge in [0, 0.05) is 19.2 Å². The van der Waals surface area contributed by atoms with Gasteiger partial charge in [0.15, 0.2) is 5.16 Å².